The molecule has 2 aromatic rings. The zero-order chi connectivity index (χ0) is 12.6. The third-order valence-corrected chi connectivity index (χ3v) is 3.94. The van der Waals surface area contributed by atoms with Crippen LogP contribution in [-0.2, 0) is 11.2 Å². The molecule has 3 nitrogen and oxygen atoms in total. The molecule has 0 spiro atoms. The fourth-order valence-electron chi connectivity index (χ4n) is 1.78. The van der Waals surface area contributed by atoms with Crippen LogP contribution < -0.4 is 0 Å². The van der Waals surface area contributed by atoms with Gasteiger partial charge in [-0.2, -0.15) is 0 Å². The van der Waals surface area contributed by atoms with Crippen LogP contribution >= 0.6 is 11.3 Å². The van der Waals surface area contributed by atoms with Crippen LogP contribution in [0.4, 0.5) is 0 Å². The van der Waals surface area contributed by atoms with E-state index in [0.717, 1.165) is 15.6 Å². The molecular weight excluding hydrogens is 236 g/mol. The Kier molecular flexibility index (Phi) is 2.83. The van der Waals surface area contributed by atoms with Gasteiger partial charge in [-0.25, -0.2) is 0 Å². The molecule has 1 aromatic carbocycles. The van der Waals surface area contributed by atoms with Crippen LogP contribution in [0.3, 0.4) is 0 Å². The van der Waals surface area contributed by atoms with Gasteiger partial charge in [-0.05, 0) is 42.7 Å². The number of carboxylic acids is 1. The molecule has 4 heteroatoms. The molecule has 1 heterocycles. The Morgan fingerprint density at radius 2 is 2.12 bits per heavy atom. The molecule has 0 amide bonds. The van der Waals surface area contributed by atoms with E-state index in [2.05, 4.69) is 0 Å². The van der Waals surface area contributed by atoms with Crippen LogP contribution in [0.1, 0.15) is 19.4 Å². The van der Waals surface area contributed by atoms with Gasteiger partial charge in [0.05, 0.1) is 10.1 Å². The van der Waals surface area contributed by atoms with Crippen LogP contribution in [0, 0.1) is 5.41 Å². The zero-order valence-electron chi connectivity index (χ0n) is 9.73. The standard InChI is InChI=1S/C13H14O3S/c1-13(2,12(15)16)6-8-7-17-11-9(8)4-3-5-10(11)14/h3-5,7,14H,6H2,1-2H3,(H,15,16). The molecule has 0 aliphatic heterocycles. The van der Waals surface area contributed by atoms with Crippen molar-refractivity contribution in [3.8, 4) is 5.75 Å². The summed E-state index contributed by atoms with van der Waals surface area (Å²) in [6, 6.07) is 5.34. The predicted molar refractivity (Wildman–Crippen MR) is 68.6 cm³/mol. The van der Waals surface area contributed by atoms with E-state index in [9.17, 15) is 9.90 Å². The van der Waals surface area contributed by atoms with Gasteiger partial charge >= 0.3 is 5.97 Å². The van der Waals surface area contributed by atoms with Gasteiger partial charge < -0.3 is 10.2 Å². The molecule has 17 heavy (non-hydrogen) atoms. The molecule has 0 bridgehead atoms. The number of thiophene rings is 1. The van der Waals surface area contributed by atoms with Crippen molar-refractivity contribution in [1.82, 2.24) is 0 Å². The van der Waals surface area contributed by atoms with E-state index in [1.165, 1.54) is 11.3 Å². The van der Waals surface area contributed by atoms with Crippen molar-refractivity contribution >= 4 is 27.4 Å². The summed E-state index contributed by atoms with van der Waals surface area (Å²) in [6.07, 6.45) is 0.464. The molecule has 0 aliphatic rings. The number of aliphatic carboxylic acids is 1. The molecule has 0 radical (unpaired) electrons. The minimum absolute atomic E-state index is 0.256. The molecule has 0 saturated heterocycles. The maximum absolute atomic E-state index is 11.1. The number of carboxylic acid groups (broad SMARTS) is 1. The topological polar surface area (TPSA) is 57.5 Å². The molecular formula is C13H14O3S. The first-order valence-corrected chi connectivity index (χ1v) is 6.21. The third-order valence-electron chi connectivity index (χ3n) is 2.87. The highest BCUT2D eigenvalue weighted by Gasteiger charge is 2.28. The summed E-state index contributed by atoms with van der Waals surface area (Å²) in [4.78, 5) is 11.1. The molecule has 0 saturated carbocycles. The monoisotopic (exact) mass is 250 g/mol. The lowest BCUT2D eigenvalue weighted by atomic mass is 9.86. The Hall–Kier alpha value is -1.55. The summed E-state index contributed by atoms with van der Waals surface area (Å²) in [6.45, 7) is 3.42. The normalized spacial score (nSPS) is 11.9. The highest BCUT2D eigenvalue weighted by Crippen LogP contribution is 2.36. The van der Waals surface area contributed by atoms with Crippen LogP contribution in [0.5, 0.6) is 5.75 Å². The van der Waals surface area contributed by atoms with Crippen molar-refractivity contribution in [2.75, 3.05) is 0 Å². The first kappa shape index (κ1) is 11.9. The quantitative estimate of drug-likeness (QED) is 0.879. The maximum atomic E-state index is 11.1. The van der Waals surface area contributed by atoms with Gasteiger partial charge in [0, 0.05) is 0 Å². The van der Waals surface area contributed by atoms with Gasteiger partial charge in [-0.15, -0.1) is 11.3 Å². The lowest BCUT2D eigenvalue weighted by Gasteiger charge is -2.18. The Labute approximate surface area is 103 Å². The first-order chi connectivity index (χ1) is 7.92. The number of benzene rings is 1. The first-order valence-electron chi connectivity index (χ1n) is 5.33. The number of fused-ring (bicyclic) bond motifs is 1. The molecule has 0 fully saturated rings. The molecule has 90 valence electrons. The summed E-state index contributed by atoms with van der Waals surface area (Å²) < 4.78 is 0.823. The van der Waals surface area contributed by atoms with Crippen LogP contribution in [-0.4, -0.2) is 16.2 Å². The third kappa shape index (κ3) is 2.13. The van der Waals surface area contributed by atoms with E-state index < -0.39 is 11.4 Å². The Balaban J connectivity index is 2.44. The van der Waals surface area contributed by atoms with Gasteiger partial charge in [0.15, 0.2) is 0 Å². The van der Waals surface area contributed by atoms with Gasteiger partial charge in [0.25, 0.3) is 0 Å². The number of hydrogen-bond acceptors (Lipinski definition) is 3. The number of carbonyl (C=O) groups is 1. The average Bonchev–Trinajstić information content (AvgIpc) is 2.62. The van der Waals surface area contributed by atoms with Crippen molar-refractivity contribution in [1.29, 1.82) is 0 Å². The van der Waals surface area contributed by atoms with E-state index >= 15 is 0 Å². The second kappa shape index (κ2) is 4.04. The molecule has 0 atom stereocenters. The number of phenols is 1. The lowest BCUT2D eigenvalue weighted by molar-refractivity contribution is -0.146. The number of hydrogen-bond donors (Lipinski definition) is 2. The average molecular weight is 250 g/mol. The minimum atomic E-state index is -0.808. The van der Waals surface area contributed by atoms with Crippen LogP contribution in [0.15, 0.2) is 23.6 Å². The summed E-state index contributed by atoms with van der Waals surface area (Å²) in [5, 5.41) is 21.7. The van der Waals surface area contributed by atoms with Gasteiger partial charge in [-0.1, -0.05) is 12.1 Å². The molecule has 2 rings (SSSR count). The zero-order valence-corrected chi connectivity index (χ0v) is 10.5. The van der Waals surface area contributed by atoms with Gasteiger partial charge in [0.1, 0.15) is 5.75 Å². The molecule has 0 aliphatic carbocycles. The number of rotatable bonds is 3. The molecule has 2 N–H and O–H groups in total. The Morgan fingerprint density at radius 3 is 2.76 bits per heavy atom. The molecule has 1 aromatic heterocycles. The van der Waals surface area contributed by atoms with E-state index in [1.54, 1.807) is 26.0 Å². The van der Waals surface area contributed by atoms with Crippen molar-refractivity contribution < 1.29 is 15.0 Å². The van der Waals surface area contributed by atoms with E-state index in [-0.39, 0.29) is 5.75 Å². The van der Waals surface area contributed by atoms with Gasteiger partial charge in [0.2, 0.25) is 0 Å². The second-order valence-corrected chi connectivity index (χ2v) is 5.66. The van der Waals surface area contributed by atoms with Crippen molar-refractivity contribution in [2.45, 2.75) is 20.3 Å². The summed E-state index contributed by atoms with van der Waals surface area (Å²) in [7, 11) is 0. The minimum Gasteiger partial charge on any atom is -0.506 e. The predicted octanol–water partition coefficient (Wildman–Crippen LogP) is 3.26. The van der Waals surface area contributed by atoms with E-state index in [1.807, 2.05) is 11.4 Å². The van der Waals surface area contributed by atoms with Crippen LogP contribution in [0.2, 0.25) is 0 Å². The lowest BCUT2D eigenvalue weighted by Crippen LogP contribution is -2.25. The Morgan fingerprint density at radius 1 is 1.41 bits per heavy atom. The highest BCUT2D eigenvalue weighted by molar-refractivity contribution is 7.17. The van der Waals surface area contributed by atoms with Crippen molar-refractivity contribution in [2.24, 2.45) is 5.41 Å². The largest absolute Gasteiger partial charge is 0.506 e. The SMILES string of the molecule is CC(C)(Cc1csc2c(O)cccc12)C(=O)O. The second-order valence-electron chi connectivity index (χ2n) is 4.78. The number of phenolic OH excluding ortho intramolecular Hbond substituents is 1. The maximum Gasteiger partial charge on any atom is 0.309 e. The summed E-state index contributed by atoms with van der Waals surface area (Å²) in [5.41, 5.74) is 0.188. The highest BCUT2D eigenvalue weighted by atomic mass is 32.1. The van der Waals surface area contributed by atoms with Gasteiger partial charge in [-0.3, -0.25) is 4.79 Å². The fraction of sp³-hybridized carbons (Fsp3) is 0.308. The number of aromatic hydroxyl groups is 1. The van der Waals surface area contributed by atoms with Crippen molar-refractivity contribution in [3.05, 3.63) is 29.1 Å². The summed E-state index contributed by atoms with van der Waals surface area (Å²) in [5.74, 6) is -0.552. The van der Waals surface area contributed by atoms with E-state index in [4.69, 9.17) is 5.11 Å². The summed E-state index contributed by atoms with van der Waals surface area (Å²) >= 11 is 1.45. The fourth-order valence-corrected chi connectivity index (χ4v) is 2.77. The van der Waals surface area contributed by atoms with Crippen LogP contribution in [0.25, 0.3) is 10.1 Å². The molecule has 0 unspecified atom stereocenters. The smallest absolute Gasteiger partial charge is 0.309 e. The van der Waals surface area contributed by atoms with E-state index in [0.29, 0.717) is 6.42 Å². The Bertz CT molecular complexity index is 569. The van der Waals surface area contributed by atoms with Crippen molar-refractivity contribution in [3.63, 3.8) is 0 Å².